The zero-order valence-corrected chi connectivity index (χ0v) is 67.9. The molecule has 1 aliphatic rings. The van der Waals surface area contributed by atoms with Crippen LogP contribution in [0.3, 0.4) is 0 Å². The highest BCUT2D eigenvalue weighted by Crippen LogP contribution is 2.44. The normalized spacial score (nSPS) is 21.7. The lowest BCUT2D eigenvalue weighted by molar-refractivity contribution is -0.660. The standard InChI is InChI=1S/C26H29N2O.C26H31N2O.2C25H29N2O/c1-16(2)19-13-14-28(4)23(15-19)24-17(3)9-10-20-21-11-12-22(18-7-5-6-8-18)27-26(21)29-25(20)24;1-16(2)18-12-13-28(7)22(14-18)23-17(3)8-10-20-21-11-9-19(15-26(4,5)6)27-25(21)29-24(20)23;1-15(2)17-12-13-27(7)20(14-17)22-16(3)8-9-18-19-10-11-21(25(4,5)6)26-24(19)28-23(18)22;1-15(2)13-19-8-10-21-20-9-7-17(5)23(24(20)28-25(21)26-19)22-14-18(16(3)4)11-12-27(22)6/h9-16,18H,5-8H2,1-4H3;8-14,16H,15H2,1-7H3;8-15H,1-7H3;7-12,14-16H,13H2,1-6H3/q4*+1/i1D3,7D2,16D,18D;1D3,4D3,5D3,16D;1D3,15D;1D3,3D3,15D,16D. The molecule has 12 heteroatoms. The van der Waals surface area contributed by atoms with Crippen LogP contribution >= 0.6 is 0 Å². The summed E-state index contributed by atoms with van der Waals surface area (Å²) in [6, 6.07) is 43.8. The molecule has 4 aromatic carbocycles. The first-order chi connectivity index (χ1) is 65.5. The minimum Gasteiger partial charge on any atom is -0.437 e. The number of benzene rings is 4. The highest BCUT2D eigenvalue weighted by Gasteiger charge is 2.30. The third-order valence-electron chi connectivity index (χ3n) is 21.3. The number of fused-ring (bicyclic) bond motifs is 12. The van der Waals surface area contributed by atoms with E-state index in [9.17, 15) is 0 Å². The molecule has 1 aliphatic carbocycles. The number of pyridine rings is 8. The molecule has 114 heavy (non-hydrogen) atoms. The number of hydrogen-bond donors (Lipinski definition) is 0. The molecule has 12 heterocycles. The number of hydrogen-bond acceptors (Lipinski definition) is 8. The molecule has 6 unspecified atom stereocenters. The lowest BCUT2D eigenvalue weighted by Gasteiger charge is -2.16. The molecule has 12 aromatic heterocycles. The monoisotopic (exact) mass is 1550 g/mol. The van der Waals surface area contributed by atoms with Crippen molar-refractivity contribution in [2.24, 2.45) is 39.5 Å². The Morgan fingerprint density at radius 2 is 0.763 bits per heavy atom. The quantitative estimate of drug-likeness (QED) is 0.111. The van der Waals surface area contributed by atoms with Gasteiger partial charge in [0.2, 0.25) is 45.6 Å². The maximum absolute atomic E-state index is 8.86. The molecule has 16 aromatic rings. The van der Waals surface area contributed by atoms with Crippen molar-refractivity contribution in [2.75, 3.05) is 0 Å². The van der Waals surface area contributed by atoms with E-state index >= 15 is 0 Å². The van der Waals surface area contributed by atoms with Crippen LogP contribution in [-0.4, -0.2) is 19.9 Å². The number of aromatic nitrogens is 8. The van der Waals surface area contributed by atoms with Gasteiger partial charge in [-0.25, -0.2) is 38.2 Å². The molecule has 0 saturated heterocycles. The first kappa shape index (κ1) is 51.2. The van der Waals surface area contributed by atoms with Gasteiger partial charge in [-0.05, 0) is 181 Å². The lowest BCUT2D eigenvalue weighted by atomic mass is 9.90. The van der Waals surface area contributed by atoms with Gasteiger partial charge in [-0.3, -0.25) is 0 Å². The second kappa shape index (κ2) is 31.9. The van der Waals surface area contributed by atoms with Crippen LogP contribution in [0, 0.1) is 39.0 Å². The average Bonchev–Trinajstić information content (AvgIpc) is 1.56. The van der Waals surface area contributed by atoms with Gasteiger partial charge in [0, 0.05) is 165 Å². The van der Waals surface area contributed by atoms with Crippen LogP contribution in [0.25, 0.3) is 133 Å². The van der Waals surface area contributed by atoms with Crippen molar-refractivity contribution >= 4 is 88.3 Å². The molecule has 586 valence electrons. The second-order valence-electron chi connectivity index (χ2n) is 31.7. The molecule has 0 amide bonds. The van der Waals surface area contributed by atoms with Crippen molar-refractivity contribution in [3.63, 3.8) is 0 Å². The van der Waals surface area contributed by atoms with Crippen LogP contribution in [0.15, 0.2) is 188 Å². The van der Waals surface area contributed by atoms with Crippen molar-refractivity contribution in [3.05, 3.63) is 238 Å². The van der Waals surface area contributed by atoms with E-state index in [4.69, 9.17) is 62.4 Å². The molecular weight excluding hydrogens is 1400 g/mol. The minimum atomic E-state index is -2.74. The van der Waals surface area contributed by atoms with E-state index in [1.807, 2.05) is 141 Å². The molecule has 0 aliphatic heterocycles. The van der Waals surface area contributed by atoms with Gasteiger partial charge in [0.25, 0.3) is 0 Å². The van der Waals surface area contributed by atoms with Gasteiger partial charge in [0.1, 0.15) is 28.2 Å². The van der Waals surface area contributed by atoms with Crippen LogP contribution in [0.2, 0.25) is 0 Å². The fourth-order valence-electron chi connectivity index (χ4n) is 15.1. The summed E-state index contributed by atoms with van der Waals surface area (Å²) in [5, 5.41) is 6.48. The number of furan rings is 4. The van der Waals surface area contributed by atoms with E-state index in [1.54, 1.807) is 97.6 Å². The van der Waals surface area contributed by atoms with E-state index in [0.29, 0.717) is 120 Å². The summed E-state index contributed by atoms with van der Waals surface area (Å²) >= 11 is 0. The Labute approximate surface area is 715 Å². The summed E-state index contributed by atoms with van der Waals surface area (Å²) in [6.07, 6.45) is 6.36. The van der Waals surface area contributed by atoms with Crippen LogP contribution in [-0.2, 0) is 46.4 Å². The van der Waals surface area contributed by atoms with Crippen LogP contribution in [0.1, 0.15) is 272 Å². The predicted molar refractivity (Wildman–Crippen MR) is 469 cm³/mol. The van der Waals surface area contributed by atoms with E-state index in [2.05, 4.69) is 41.8 Å². The first-order valence-corrected chi connectivity index (χ1v) is 38.3. The summed E-state index contributed by atoms with van der Waals surface area (Å²) in [6.45, 7) is 4.40. The fourth-order valence-corrected chi connectivity index (χ4v) is 15.1. The van der Waals surface area contributed by atoms with Gasteiger partial charge >= 0.3 is 0 Å². The maximum Gasteiger partial charge on any atom is 0.227 e. The Morgan fingerprint density at radius 3 is 1.11 bits per heavy atom. The Kier molecular flexibility index (Phi) is 14.3. The smallest absolute Gasteiger partial charge is 0.227 e. The number of nitrogens with zero attached hydrogens (tertiary/aromatic N) is 8. The molecule has 12 nitrogen and oxygen atoms in total. The highest BCUT2D eigenvalue weighted by molar-refractivity contribution is 6.12. The second-order valence-corrected chi connectivity index (χ2v) is 31.7. The topological polar surface area (TPSA) is 120 Å². The summed E-state index contributed by atoms with van der Waals surface area (Å²) in [5.41, 5.74) is 14.9. The average molecular weight is 1550 g/mol. The Bertz CT molecular complexity index is 7650. The van der Waals surface area contributed by atoms with Gasteiger partial charge in [0.15, 0.2) is 47.1 Å². The summed E-state index contributed by atoms with van der Waals surface area (Å²) < 4.78 is 265. The van der Waals surface area contributed by atoms with E-state index in [-0.39, 0.29) is 29.7 Å². The van der Waals surface area contributed by atoms with Gasteiger partial charge in [-0.15, -0.1) is 0 Å². The Hall–Kier alpha value is -10.7. The van der Waals surface area contributed by atoms with Crippen molar-refractivity contribution in [1.29, 1.82) is 0 Å². The molecule has 0 spiro atoms. The molecule has 1 fully saturated rings. The minimum absolute atomic E-state index is 0.0589. The number of rotatable bonds is 12. The van der Waals surface area contributed by atoms with Crippen molar-refractivity contribution < 1.29 is 75.7 Å². The van der Waals surface area contributed by atoms with Gasteiger partial charge in [-0.1, -0.05) is 172 Å². The van der Waals surface area contributed by atoms with Gasteiger partial charge < -0.3 is 17.7 Å². The first-order valence-electron chi connectivity index (χ1n) is 52.8. The molecule has 6 atom stereocenters. The van der Waals surface area contributed by atoms with Crippen LogP contribution in [0.5, 0.6) is 0 Å². The molecule has 17 rings (SSSR count). The third-order valence-corrected chi connectivity index (χ3v) is 21.3. The summed E-state index contributed by atoms with van der Waals surface area (Å²) in [7, 11) is 7.43. The van der Waals surface area contributed by atoms with Crippen molar-refractivity contribution in [1.82, 2.24) is 19.9 Å². The largest absolute Gasteiger partial charge is 0.437 e. The zero-order chi connectivity index (χ0) is 106. The fraction of sp³-hybridized carbons (Fsp3) is 0.373. The third kappa shape index (κ3) is 16.1. The predicted octanol–water partition coefficient (Wildman–Crippen LogP) is 25.4. The lowest BCUT2D eigenvalue weighted by Crippen LogP contribution is -2.31. The zero-order valence-electron chi connectivity index (χ0n) is 96.9. The summed E-state index contributed by atoms with van der Waals surface area (Å²) in [4.78, 5) is 18.5. The SMILES string of the molecule is [2H]C([2H])([2H])C([2H])(C)Cc1ccc2c(n1)oc1c(-c3cc(C([2H])(C)C([2H])([2H])[2H])cc[n+]3C)c(C)ccc12.[2H]C([2H])([2H])C([2H])(C)c1cc[n+](C)c(-c2c(C)ccc3c2oc2nc(C(C)(C)C)ccc23)c1.[2H]C([2H])([2H])C([2H])(C)c1cc[n+](C)c(-c2c(C)ccc3c2oc2nc(C4([2H])CCCC4([2H])[2H])ccc23)c1.[2H]C([2H])([2H])C([2H])(C)c1cc[n+](C)c(-c2c(C)ccc3c2oc2nc(CC(C)(C([2H])([2H])[2H])C([2H])([2H])[2H])ccc23)c1. The van der Waals surface area contributed by atoms with Gasteiger partial charge in [-0.2, -0.15) is 0 Å². The van der Waals surface area contributed by atoms with Gasteiger partial charge in [0.05, 0.1) is 22.3 Å². The summed E-state index contributed by atoms with van der Waals surface area (Å²) in [5.74, 6) is -10.3. The van der Waals surface area contributed by atoms with E-state index in [0.717, 1.165) is 88.0 Å². The molecule has 1 saturated carbocycles. The van der Waals surface area contributed by atoms with Crippen LogP contribution < -0.4 is 18.3 Å². The highest BCUT2D eigenvalue weighted by atomic mass is 16.4. The maximum atomic E-state index is 8.86. The molecule has 0 bridgehead atoms. The molecular formula is C102H118N8O4+4. The van der Waals surface area contributed by atoms with Crippen molar-refractivity contribution in [3.8, 4) is 45.0 Å². The molecule has 0 radical (unpaired) electrons. The van der Waals surface area contributed by atoms with E-state index in [1.165, 1.54) is 41.5 Å². The van der Waals surface area contributed by atoms with Crippen molar-refractivity contribution in [2.45, 2.75) is 211 Å². The molecule has 0 N–H and O–H groups in total. The number of aryl methyl sites for hydroxylation is 8. The van der Waals surface area contributed by atoms with E-state index < -0.39 is 95.1 Å². The Balaban J connectivity index is 0.000000152. The Morgan fingerprint density at radius 1 is 0.421 bits per heavy atom. The van der Waals surface area contributed by atoms with Crippen LogP contribution in [0.4, 0.5) is 0 Å².